The Morgan fingerprint density at radius 1 is 1.24 bits per heavy atom. The first-order valence-corrected chi connectivity index (χ1v) is 10.2. The Bertz CT molecular complexity index is 1210. The maximum atomic E-state index is 13.3. The molecule has 1 amide bonds. The lowest BCUT2D eigenvalue weighted by Gasteiger charge is -2.08. The quantitative estimate of drug-likeness (QED) is 0.467. The van der Waals surface area contributed by atoms with E-state index in [1.165, 1.54) is 11.8 Å². The molecule has 29 heavy (non-hydrogen) atoms. The van der Waals surface area contributed by atoms with Crippen molar-refractivity contribution < 1.29 is 14.3 Å². The highest BCUT2D eigenvalue weighted by Crippen LogP contribution is 2.34. The molecule has 8 heteroatoms. The number of rotatable bonds is 3. The van der Waals surface area contributed by atoms with Crippen LogP contribution in [0, 0.1) is 6.92 Å². The summed E-state index contributed by atoms with van der Waals surface area (Å²) < 4.78 is 7.41. The van der Waals surface area contributed by atoms with Crippen molar-refractivity contribution in [1.82, 2.24) is 9.88 Å². The van der Waals surface area contributed by atoms with E-state index in [-0.39, 0.29) is 11.8 Å². The number of carbonyl (C=O) groups is 2. The first-order valence-electron chi connectivity index (χ1n) is 8.63. The van der Waals surface area contributed by atoms with Gasteiger partial charge in [-0.3, -0.25) is 14.2 Å². The van der Waals surface area contributed by atoms with E-state index in [4.69, 9.17) is 28.6 Å². The molecule has 1 aromatic heterocycles. The molecule has 1 N–H and O–H groups in total. The van der Waals surface area contributed by atoms with E-state index in [1.54, 1.807) is 48.1 Å². The Morgan fingerprint density at radius 3 is 2.59 bits per heavy atom. The molecular formula is C21H15ClN2O3S2. The van der Waals surface area contributed by atoms with Gasteiger partial charge in [-0.15, -0.1) is 0 Å². The number of carbonyl (C=O) groups excluding carboxylic acids is 2. The van der Waals surface area contributed by atoms with Crippen LogP contribution in [-0.2, 0) is 4.79 Å². The van der Waals surface area contributed by atoms with E-state index in [0.29, 0.717) is 31.3 Å². The second-order valence-corrected chi connectivity index (χ2v) is 8.54. The number of thiocarbonyl (C=S) groups is 1. The Hall–Kier alpha value is -2.61. The number of hydrogen-bond acceptors (Lipinski definition) is 5. The molecule has 0 atom stereocenters. The van der Waals surface area contributed by atoms with Crippen molar-refractivity contribution in [3.8, 4) is 5.75 Å². The number of benzene rings is 2. The van der Waals surface area contributed by atoms with Crippen molar-refractivity contribution in [3.05, 3.63) is 69.2 Å². The fraction of sp³-hybridized carbons (Fsp3) is 0.0952. The minimum absolute atomic E-state index is 0.182. The highest BCUT2D eigenvalue weighted by atomic mass is 35.5. The molecule has 0 radical (unpaired) electrons. The van der Waals surface area contributed by atoms with Crippen molar-refractivity contribution in [2.45, 2.75) is 6.92 Å². The van der Waals surface area contributed by atoms with Gasteiger partial charge in [-0.05, 0) is 55.5 Å². The lowest BCUT2D eigenvalue weighted by molar-refractivity contribution is -0.115. The van der Waals surface area contributed by atoms with Crippen LogP contribution >= 0.6 is 35.6 Å². The zero-order chi connectivity index (χ0) is 20.7. The molecule has 4 rings (SSSR count). The number of halogens is 1. The molecule has 0 bridgehead atoms. The van der Waals surface area contributed by atoms with Gasteiger partial charge in [0.2, 0.25) is 0 Å². The Morgan fingerprint density at radius 2 is 1.97 bits per heavy atom. The summed E-state index contributed by atoms with van der Waals surface area (Å²) in [5.41, 5.74) is 2.72. The van der Waals surface area contributed by atoms with Crippen molar-refractivity contribution in [2.75, 3.05) is 7.11 Å². The number of aromatic nitrogens is 1. The lowest BCUT2D eigenvalue weighted by atomic mass is 10.1. The van der Waals surface area contributed by atoms with E-state index in [9.17, 15) is 9.59 Å². The first kappa shape index (κ1) is 19.7. The topological polar surface area (TPSA) is 60.3 Å². The molecule has 2 heterocycles. The zero-order valence-corrected chi connectivity index (χ0v) is 17.9. The molecular weight excluding hydrogens is 428 g/mol. The van der Waals surface area contributed by atoms with Crippen LogP contribution < -0.4 is 10.1 Å². The van der Waals surface area contributed by atoms with Crippen LogP contribution in [0.4, 0.5) is 0 Å². The van der Waals surface area contributed by atoms with Crippen LogP contribution in [0.1, 0.15) is 21.6 Å². The summed E-state index contributed by atoms with van der Waals surface area (Å²) in [7, 11) is 1.58. The van der Waals surface area contributed by atoms with E-state index in [0.717, 1.165) is 16.5 Å². The Balaban J connectivity index is 1.94. The summed E-state index contributed by atoms with van der Waals surface area (Å²) >= 11 is 12.2. The van der Waals surface area contributed by atoms with Gasteiger partial charge in [0.15, 0.2) is 0 Å². The number of thioether (sulfide) groups is 1. The zero-order valence-electron chi connectivity index (χ0n) is 15.5. The van der Waals surface area contributed by atoms with Crippen molar-refractivity contribution >= 4 is 68.7 Å². The summed E-state index contributed by atoms with van der Waals surface area (Å²) in [6.07, 6.45) is 1.77. The fourth-order valence-electron chi connectivity index (χ4n) is 3.27. The highest BCUT2D eigenvalue weighted by molar-refractivity contribution is 8.26. The normalized spacial score (nSPS) is 15.2. The second-order valence-electron chi connectivity index (χ2n) is 6.38. The van der Waals surface area contributed by atoms with Gasteiger partial charge in [0.1, 0.15) is 10.1 Å². The van der Waals surface area contributed by atoms with E-state index in [1.807, 2.05) is 19.1 Å². The van der Waals surface area contributed by atoms with E-state index < -0.39 is 0 Å². The van der Waals surface area contributed by atoms with Gasteiger partial charge in [0.25, 0.3) is 11.8 Å². The third kappa shape index (κ3) is 3.57. The monoisotopic (exact) mass is 442 g/mol. The number of hydrogen-bond donors (Lipinski definition) is 1. The van der Waals surface area contributed by atoms with Crippen LogP contribution in [0.2, 0.25) is 5.02 Å². The fourth-order valence-corrected chi connectivity index (χ4v) is 4.42. The Kier molecular flexibility index (Phi) is 5.21. The largest absolute Gasteiger partial charge is 0.497 e. The van der Waals surface area contributed by atoms with Crippen LogP contribution in [0.25, 0.3) is 17.0 Å². The SMILES string of the molecule is COc1ccc2c(c1)c(/C=C1/SC(=S)NC1=O)c(C)n2C(=O)c1ccc(Cl)cc1. The summed E-state index contributed by atoms with van der Waals surface area (Å²) in [5.74, 6) is 0.234. The van der Waals surface area contributed by atoms with Crippen LogP contribution in [0.3, 0.4) is 0 Å². The van der Waals surface area contributed by atoms with Crippen LogP contribution in [0.5, 0.6) is 5.75 Å². The van der Waals surface area contributed by atoms with Gasteiger partial charge in [-0.1, -0.05) is 35.6 Å². The van der Waals surface area contributed by atoms with Crippen LogP contribution in [0.15, 0.2) is 47.4 Å². The summed E-state index contributed by atoms with van der Waals surface area (Å²) in [6, 6.07) is 12.2. The standard InChI is InChI=1S/C21H15ClN2O3S2/c1-11-15(10-18-19(25)23-21(28)29-18)16-9-14(27-2)7-8-17(16)24(11)20(26)12-3-5-13(22)6-4-12/h3-10H,1-2H3,(H,23,25,28)/b18-10+. The molecule has 5 nitrogen and oxygen atoms in total. The summed E-state index contributed by atoms with van der Waals surface area (Å²) in [5, 5.41) is 3.98. The smallest absolute Gasteiger partial charge is 0.263 e. The minimum atomic E-state index is -0.243. The molecule has 0 aliphatic carbocycles. The van der Waals surface area contributed by atoms with E-state index >= 15 is 0 Å². The maximum absolute atomic E-state index is 13.3. The van der Waals surface area contributed by atoms with Gasteiger partial charge in [0, 0.05) is 27.2 Å². The third-order valence-corrected chi connectivity index (χ3v) is 6.09. The molecule has 0 spiro atoms. The van der Waals surface area contributed by atoms with Gasteiger partial charge in [-0.2, -0.15) is 0 Å². The average Bonchev–Trinajstić information content (AvgIpc) is 3.17. The lowest BCUT2D eigenvalue weighted by Crippen LogP contribution is -2.17. The Labute approximate surface area is 181 Å². The van der Waals surface area contributed by atoms with Gasteiger partial charge >= 0.3 is 0 Å². The third-order valence-electron chi connectivity index (χ3n) is 4.67. The van der Waals surface area contributed by atoms with Crippen molar-refractivity contribution in [2.24, 2.45) is 0 Å². The minimum Gasteiger partial charge on any atom is -0.497 e. The number of amides is 1. The molecule has 0 unspecified atom stereocenters. The molecule has 1 saturated heterocycles. The molecule has 1 aliphatic heterocycles. The number of nitrogens with zero attached hydrogens (tertiary/aromatic N) is 1. The molecule has 2 aromatic carbocycles. The summed E-state index contributed by atoms with van der Waals surface area (Å²) in [6.45, 7) is 1.85. The number of ether oxygens (including phenoxy) is 1. The first-order chi connectivity index (χ1) is 13.9. The molecule has 0 saturated carbocycles. The number of methoxy groups -OCH3 is 1. The van der Waals surface area contributed by atoms with Crippen LogP contribution in [-0.4, -0.2) is 27.8 Å². The van der Waals surface area contributed by atoms with Gasteiger partial charge in [0.05, 0.1) is 17.5 Å². The summed E-state index contributed by atoms with van der Waals surface area (Å²) in [4.78, 5) is 25.9. The van der Waals surface area contributed by atoms with Crippen molar-refractivity contribution in [3.63, 3.8) is 0 Å². The van der Waals surface area contributed by atoms with Gasteiger partial charge in [-0.25, -0.2) is 0 Å². The molecule has 1 fully saturated rings. The van der Waals surface area contributed by atoms with Crippen molar-refractivity contribution in [1.29, 1.82) is 0 Å². The van der Waals surface area contributed by atoms with E-state index in [2.05, 4.69) is 5.32 Å². The molecule has 146 valence electrons. The molecule has 1 aliphatic rings. The molecule has 3 aromatic rings. The number of nitrogens with one attached hydrogen (secondary N) is 1. The predicted octanol–water partition coefficient (Wildman–Crippen LogP) is 4.79. The predicted molar refractivity (Wildman–Crippen MR) is 121 cm³/mol. The van der Waals surface area contributed by atoms with Gasteiger partial charge < -0.3 is 10.1 Å². The average molecular weight is 443 g/mol. The maximum Gasteiger partial charge on any atom is 0.263 e. The number of fused-ring (bicyclic) bond motifs is 1. The highest BCUT2D eigenvalue weighted by Gasteiger charge is 2.25. The second kappa shape index (κ2) is 7.67.